The van der Waals surface area contributed by atoms with Gasteiger partial charge in [-0.2, -0.15) is 0 Å². The quantitative estimate of drug-likeness (QED) is 0.413. The van der Waals surface area contributed by atoms with Gasteiger partial charge in [-0.1, -0.05) is 32.9 Å². The van der Waals surface area contributed by atoms with E-state index in [0.29, 0.717) is 43.9 Å². The molecule has 2 heterocycles. The lowest BCUT2D eigenvalue weighted by molar-refractivity contribution is 0.0204. The van der Waals surface area contributed by atoms with Gasteiger partial charge in [0.1, 0.15) is 5.60 Å². The number of carbonyl (C=O) groups is 2. The van der Waals surface area contributed by atoms with Crippen molar-refractivity contribution in [3.63, 3.8) is 0 Å². The van der Waals surface area contributed by atoms with Gasteiger partial charge in [0.05, 0.1) is 10.6 Å². The van der Waals surface area contributed by atoms with Crippen molar-refractivity contribution in [3.05, 3.63) is 53.6 Å². The molecule has 4 rings (SSSR count). The molecule has 2 aromatic rings. The molecule has 218 valence electrons. The van der Waals surface area contributed by atoms with Gasteiger partial charge >= 0.3 is 6.09 Å². The van der Waals surface area contributed by atoms with E-state index in [9.17, 15) is 18.0 Å². The van der Waals surface area contributed by atoms with Crippen molar-refractivity contribution in [2.75, 3.05) is 35.4 Å². The average Bonchev–Trinajstić information content (AvgIpc) is 2.91. The summed E-state index contributed by atoms with van der Waals surface area (Å²) in [6.45, 7) is 13.7. The summed E-state index contributed by atoms with van der Waals surface area (Å²) in [6, 6.07) is 12.8. The van der Waals surface area contributed by atoms with Gasteiger partial charge < -0.3 is 14.5 Å². The van der Waals surface area contributed by atoms with Crippen LogP contribution in [-0.4, -0.2) is 63.0 Å². The number of fused-ring (bicyclic) bond motifs is 1. The largest absolute Gasteiger partial charge is 0.444 e. The summed E-state index contributed by atoms with van der Waals surface area (Å²) >= 11 is 0. The van der Waals surface area contributed by atoms with Crippen LogP contribution in [0.1, 0.15) is 76.7 Å². The first-order valence-corrected chi connectivity index (χ1v) is 15.8. The van der Waals surface area contributed by atoms with E-state index in [1.54, 1.807) is 23.1 Å². The van der Waals surface area contributed by atoms with E-state index < -0.39 is 15.6 Å². The Morgan fingerprint density at radius 1 is 1.05 bits per heavy atom. The number of sulfonamides is 1. The topological polar surface area (TPSA) is 87.2 Å². The Morgan fingerprint density at radius 3 is 2.27 bits per heavy atom. The number of rotatable bonds is 7. The van der Waals surface area contributed by atoms with E-state index in [1.165, 1.54) is 4.31 Å². The Labute approximate surface area is 239 Å². The number of piperidine rings is 1. The monoisotopic (exact) mass is 569 g/mol. The predicted octanol–water partition coefficient (Wildman–Crippen LogP) is 5.89. The maximum Gasteiger partial charge on any atom is 0.410 e. The number of ketones is 1. The highest BCUT2D eigenvalue weighted by Crippen LogP contribution is 2.35. The van der Waals surface area contributed by atoms with Crippen LogP contribution in [-0.2, 0) is 21.2 Å². The van der Waals surface area contributed by atoms with Crippen molar-refractivity contribution in [1.82, 2.24) is 4.90 Å². The number of carbonyl (C=O) groups excluding carboxylic acids is 2. The first kappa shape index (κ1) is 29.9. The minimum Gasteiger partial charge on any atom is -0.444 e. The lowest BCUT2D eigenvalue weighted by Gasteiger charge is -2.42. The van der Waals surface area contributed by atoms with Gasteiger partial charge in [0.25, 0.3) is 10.0 Å². The van der Waals surface area contributed by atoms with Crippen molar-refractivity contribution < 1.29 is 22.7 Å². The molecule has 9 heteroatoms. The van der Waals surface area contributed by atoms with Crippen LogP contribution < -0.4 is 9.21 Å². The fraction of sp³-hybridized carbons (Fsp3) is 0.548. The van der Waals surface area contributed by atoms with Gasteiger partial charge in [0.2, 0.25) is 0 Å². The molecule has 0 unspecified atom stereocenters. The van der Waals surface area contributed by atoms with Gasteiger partial charge in [-0.15, -0.1) is 0 Å². The number of nitrogens with zero attached hydrogens (tertiary/aromatic N) is 3. The summed E-state index contributed by atoms with van der Waals surface area (Å²) < 4.78 is 34.9. The number of hydrogen-bond acceptors (Lipinski definition) is 6. The number of anilines is 2. The molecular formula is C31H43N3O5S. The Hall–Kier alpha value is -3.07. The van der Waals surface area contributed by atoms with Gasteiger partial charge in [0.15, 0.2) is 5.78 Å². The van der Waals surface area contributed by atoms with Crippen LogP contribution in [0.4, 0.5) is 16.2 Å². The van der Waals surface area contributed by atoms with E-state index in [2.05, 4.69) is 11.8 Å². The highest BCUT2D eigenvalue weighted by atomic mass is 32.2. The molecule has 40 heavy (non-hydrogen) atoms. The Kier molecular flexibility index (Phi) is 8.83. The molecule has 0 saturated carbocycles. The summed E-state index contributed by atoms with van der Waals surface area (Å²) in [7, 11) is -3.90. The predicted molar refractivity (Wildman–Crippen MR) is 159 cm³/mol. The molecule has 2 aliphatic rings. The third-order valence-electron chi connectivity index (χ3n) is 7.47. The Morgan fingerprint density at radius 2 is 1.70 bits per heavy atom. The molecule has 1 saturated heterocycles. The van der Waals surface area contributed by atoms with Crippen molar-refractivity contribution in [1.29, 1.82) is 0 Å². The Bertz CT molecular complexity index is 1320. The molecule has 0 atom stereocenters. The molecule has 1 amide bonds. The smallest absolute Gasteiger partial charge is 0.410 e. The van der Waals surface area contributed by atoms with Crippen LogP contribution in [0.2, 0.25) is 0 Å². The van der Waals surface area contributed by atoms with Crippen LogP contribution in [0.3, 0.4) is 0 Å². The van der Waals surface area contributed by atoms with Gasteiger partial charge in [0, 0.05) is 49.9 Å². The van der Waals surface area contributed by atoms with E-state index in [0.717, 1.165) is 30.5 Å². The number of Topliss-reactive ketones (excluding diaryl/α,β-unsaturated/α-hetero) is 1. The molecule has 0 radical (unpaired) electrons. The zero-order valence-electron chi connectivity index (χ0n) is 24.6. The van der Waals surface area contributed by atoms with Crippen molar-refractivity contribution >= 4 is 33.3 Å². The van der Waals surface area contributed by atoms with Gasteiger partial charge in [-0.25, -0.2) is 13.2 Å². The fourth-order valence-corrected chi connectivity index (χ4v) is 7.05. The Balaban J connectivity index is 1.58. The number of amides is 1. The third kappa shape index (κ3) is 6.62. The SMILES string of the molecule is CCc1ccc(N(CC(C)C)S(=O)(=O)c2ccc3c(c2)C(=O)CCN3C2CCN(C(=O)OC(C)(C)C)CC2)cc1. The van der Waals surface area contributed by atoms with Crippen molar-refractivity contribution in [3.8, 4) is 0 Å². The van der Waals surface area contributed by atoms with Crippen LogP contribution in [0.5, 0.6) is 0 Å². The number of likely N-dealkylation sites (tertiary alicyclic amines) is 1. The lowest BCUT2D eigenvalue weighted by Crippen LogP contribution is -2.49. The number of aryl methyl sites for hydroxylation is 1. The molecule has 0 aliphatic carbocycles. The molecule has 2 aliphatic heterocycles. The summed E-state index contributed by atoms with van der Waals surface area (Å²) in [6.07, 6.45) is 2.41. The van der Waals surface area contributed by atoms with Gasteiger partial charge in [-0.05, 0) is 81.8 Å². The van der Waals surface area contributed by atoms with Crippen LogP contribution >= 0.6 is 0 Å². The van der Waals surface area contributed by atoms with E-state index in [4.69, 9.17) is 4.74 Å². The molecule has 2 aromatic carbocycles. The van der Waals surface area contributed by atoms with E-state index in [1.807, 2.05) is 58.9 Å². The first-order chi connectivity index (χ1) is 18.8. The second-order valence-corrected chi connectivity index (χ2v) is 14.1. The zero-order valence-corrected chi connectivity index (χ0v) is 25.5. The lowest BCUT2D eigenvalue weighted by atomic mass is 9.95. The van der Waals surface area contributed by atoms with Gasteiger partial charge in [-0.3, -0.25) is 9.10 Å². The van der Waals surface area contributed by atoms with Crippen LogP contribution in [0.25, 0.3) is 0 Å². The van der Waals surface area contributed by atoms with Crippen molar-refractivity contribution in [2.24, 2.45) is 5.92 Å². The minimum absolute atomic E-state index is 0.0443. The molecule has 0 spiro atoms. The summed E-state index contributed by atoms with van der Waals surface area (Å²) in [4.78, 5) is 29.6. The maximum absolute atomic E-state index is 13.9. The summed E-state index contributed by atoms with van der Waals surface area (Å²) in [5, 5.41) is 0. The average molecular weight is 570 g/mol. The third-order valence-corrected chi connectivity index (χ3v) is 9.26. The van der Waals surface area contributed by atoms with E-state index >= 15 is 0 Å². The molecule has 0 aromatic heterocycles. The minimum atomic E-state index is -3.90. The molecule has 1 fully saturated rings. The second-order valence-electron chi connectivity index (χ2n) is 12.2. The maximum atomic E-state index is 13.9. The zero-order chi connectivity index (χ0) is 29.2. The van der Waals surface area contributed by atoms with E-state index in [-0.39, 0.29) is 28.7 Å². The molecule has 8 nitrogen and oxygen atoms in total. The molecular weight excluding hydrogens is 526 g/mol. The summed E-state index contributed by atoms with van der Waals surface area (Å²) in [5.41, 5.74) is 2.44. The molecule has 0 bridgehead atoms. The van der Waals surface area contributed by atoms with Crippen molar-refractivity contribution in [2.45, 2.75) is 83.8 Å². The number of benzene rings is 2. The number of hydrogen-bond donors (Lipinski definition) is 0. The second kappa shape index (κ2) is 11.8. The summed E-state index contributed by atoms with van der Waals surface area (Å²) in [5.74, 6) is 0.0686. The fourth-order valence-electron chi connectivity index (χ4n) is 5.39. The molecule has 0 N–H and O–H groups in total. The van der Waals surface area contributed by atoms with Crippen LogP contribution in [0.15, 0.2) is 47.4 Å². The highest BCUT2D eigenvalue weighted by molar-refractivity contribution is 7.92. The standard InChI is InChI=1S/C31H43N3O5S/c1-7-23-8-10-25(11-9-23)34(21-22(2)3)40(37,38)26-12-13-28-27(20-26)29(35)16-19-33(28)24-14-17-32(18-15-24)30(36)39-31(4,5)6/h8-13,20,22,24H,7,14-19,21H2,1-6H3. The van der Waals surface area contributed by atoms with Crippen LogP contribution in [0, 0.1) is 5.92 Å². The number of ether oxygens (including phenoxy) is 1. The normalized spacial score (nSPS) is 16.7. The highest BCUT2D eigenvalue weighted by Gasteiger charge is 2.35. The first-order valence-electron chi connectivity index (χ1n) is 14.3.